The van der Waals surface area contributed by atoms with Crippen LogP contribution in [0, 0.1) is 0 Å². The highest BCUT2D eigenvalue weighted by Gasteiger charge is 2.39. The molecule has 1 aliphatic heterocycles. The summed E-state index contributed by atoms with van der Waals surface area (Å²) in [5, 5.41) is 4.21. The fraction of sp³-hybridized carbons (Fsp3) is 0.692. The Balaban J connectivity index is 2.33. The van der Waals surface area contributed by atoms with Crippen molar-refractivity contribution in [2.24, 2.45) is 5.73 Å². The van der Waals surface area contributed by atoms with Crippen LogP contribution in [0.3, 0.4) is 0 Å². The van der Waals surface area contributed by atoms with Gasteiger partial charge in [0.1, 0.15) is 5.69 Å². The topological polar surface area (TPSA) is 79.4 Å². The molecule has 0 radical (unpaired) electrons. The van der Waals surface area contributed by atoms with E-state index in [4.69, 9.17) is 15.2 Å². The molecule has 6 nitrogen and oxygen atoms in total. The molecule has 0 amide bonds. The van der Waals surface area contributed by atoms with Gasteiger partial charge < -0.3 is 15.2 Å². The number of ketones is 1. The highest BCUT2D eigenvalue weighted by molar-refractivity contribution is 6.03. The summed E-state index contributed by atoms with van der Waals surface area (Å²) in [4.78, 5) is 12.7. The van der Waals surface area contributed by atoms with Gasteiger partial charge >= 0.3 is 0 Å². The number of aryl methyl sites for hydroxylation is 1. The molecule has 2 rings (SSSR count). The lowest BCUT2D eigenvalue weighted by molar-refractivity contribution is 0.0439. The second-order valence-corrected chi connectivity index (χ2v) is 4.88. The second kappa shape index (κ2) is 5.71. The summed E-state index contributed by atoms with van der Waals surface area (Å²) in [7, 11) is 1.54. The standard InChI is InChI=1S/C13H21N3O3/c1-3-6-16-11(10(18-2)9-15-16)12(17)13(14)4-7-19-8-5-13/h9H,3-8,14H2,1-2H3. The average molecular weight is 267 g/mol. The van der Waals surface area contributed by atoms with Gasteiger partial charge in [-0.05, 0) is 19.3 Å². The first kappa shape index (κ1) is 14.0. The SMILES string of the molecule is CCCn1ncc(OC)c1C(=O)C1(N)CCOCC1. The van der Waals surface area contributed by atoms with E-state index in [1.807, 2.05) is 6.92 Å². The van der Waals surface area contributed by atoms with E-state index in [-0.39, 0.29) is 5.78 Å². The first-order valence-corrected chi connectivity index (χ1v) is 6.63. The van der Waals surface area contributed by atoms with Gasteiger partial charge in [0.25, 0.3) is 0 Å². The van der Waals surface area contributed by atoms with E-state index >= 15 is 0 Å². The number of aromatic nitrogens is 2. The van der Waals surface area contributed by atoms with Crippen molar-refractivity contribution in [2.75, 3.05) is 20.3 Å². The van der Waals surface area contributed by atoms with Gasteiger partial charge in [-0.2, -0.15) is 5.10 Å². The molecule has 6 heteroatoms. The highest BCUT2D eigenvalue weighted by Crippen LogP contribution is 2.27. The third kappa shape index (κ3) is 2.64. The van der Waals surface area contributed by atoms with Crippen LogP contribution < -0.4 is 10.5 Å². The van der Waals surface area contributed by atoms with Gasteiger partial charge in [0.15, 0.2) is 5.75 Å². The molecule has 0 spiro atoms. The minimum Gasteiger partial charge on any atom is -0.493 e. The van der Waals surface area contributed by atoms with Crippen LogP contribution in [0.5, 0.6) is 5.75 Å². The largest absolute Gasteiger partial charge is 0.493 e. The molecule has 0 aromatic carbocycles. The second-order valence-electron chi connectivity index (χ2n) is 4.88. The van der Waals surface area contributed by atoms with Gasteiger partial charge in [-0.3, -0.25) is 9.48 Å². The van der Waals surface area contributed by atoms with Crippen molar-refractivity contribution in [1.82, 2.24) is 9.78 Å². The Morgan fingerprint density at radius 1 is 1.58 bits per heavy atom. The molecule has 0 unspecified atom stereocenters. The first-order chi connectivity index (χ1) is 9.12. The van der Waals surface area contributed by atoms with E-state index < -0.39 is 5.54 Å². The quantitative estimate of drug-likeness (QED) is 0.805. The molecule has 0 saturated carbocycles. The predicted molar refractivity (Wildman–Crippen MR) is 70.4 cm³/mol. The summed E-state index contributed by atoms with van der Waals surface area (Å²) in [6.07, 6.45) is 3.54. The summed E-state index contributed by atoms with van der Waals surface area (Å²) in [6, 6.07) is 0. The number of carbonyl (C=O) groups is 1. The monoisotopic (exact) mass is 267 g/mol. The number of ether oxygens (including phenoxy) is 2. The zero-order chi connectivity index (χ0) is 13.9. The first-order valence-electron chi connectivity index (χ1n) is 6.63. The summed E-state index contributed by atoms with van der Waals surface area (Å²) >= 11 is 0. The minimum atomic E-state index is -0.864. The summed E-state index contributed by atoms with van der Waals surface area (Å²) in [5.41, 5.74) is 5.87. The van der Waals surface area contributed by atoms with Crippen LogP contribution in [0.2, 0.25) is 0 Å². The zero-order valence-electron chi connectivity index (χ0n) is 11.5. The van der Waals surface area contributed by atoms with Crippen LogP contribution in [0.15, 0.2) is 6.20 Å². The van der Waals surface area contributed by atoms with Crippen LogP contribution in [-0.2, 0) is 11.3 Å². The van der Waals surface area contributed by atoms with Crippen molar-refractivity contribution in [2.45, 2.75) is 38.3 Å². The van der Waals surface area contributed by atoms with Crippen molar-refractivity contribution in [1.29, 1.82) is 0 Å². The fourth-order valence-corrected chi connectivity index (χ4v) is 2.33. The molecule has 19 heavy (non-hydrogen) atoms. The van der Waals surface area contributed by atoms with Crippen LogP contribution >= 0.6 is 0 Å². The lowest BCUT2D eigenvalue weighted by atomic mass is 9.85. The third-order valence-electron chi connectivity index (χ3n) is 3.51. The third-order valence-corrected chi connectivity index (χ3v) is 3.51. The van der Waals surface area contributed by atoms with Crippen LogP contribution in [0.25, 0.3) is 0 Å². The van der Waals surface area contributed by atoms with Crippen molar-refractivity contribution < 1.29 is 14.3 Å². The van der Waals surface area contributed by atoms with Gasteiger partial charge in [-0.25, -0.2) is 0 Å². The molecule has 1 aromatic heterocycles. The van der Waals surface area contributed by atoms with E-state index in [9.17, 15) is 4.79 Å². The molecule has 1 saturated heterocycles. The minimum absolute atomic E-state index is 0.0985. The number of Topliss-reactive ketones (excluding diaryl/α,β-unsaturated/α-hetero) is 1. The van der Waals surface area contributed by atoms with Crippen LogP contribution in [-0.4, -0.2) is 41.4 Å². The van der Waals surface area contributed by atoms with Crippen molar-refractivity contribution in [3.05, 3.63) is 11.9 Å². The van der Waals surface area contributed by atoms with Gasteiger partial charge in [-0.1, -0.05) is 6.92 Å². The zero-order valence-corrected chi connectivity index (χ0v) is 11.5. The average Bonchev–Trinajstić information content (AvgIpc) is 2.82. The van der Waals surface area contributed by atoms with Crippen LogP contribution in [0.4, 0.5) is 0 Å². The fourth-order valence-electron chi connectivity index (χ4n) is 2.33. The van der Waals surface area contributed by atoms with Gasteiger partial charge in [0, 0.05) is 19.8 Å². The van der Waals surface area contributed by atoms with E-state index in [0.717, 1.165) is 6.42 Å². The summed E-state index contributed by atoms with van der Waals surface area (Å²) in [5.74, 6) is 0.397. The summed E-state index contributed by atoms with van der Waals surface area (Å²) in [6.45, 7) is 3.75. The maximum absolute atomic E-state index is 12.7. The molecular formula is C13H21N3O3. The molecular weight excluding hydrogens is 246 g/mol. The number of nitrogens with zero attached hydrogens (tertiary/aromatic N) is 2. The van der Waals surface area contributed by atoms with Crippen LogP contribution in [0.1, 0.15) is 36.7 Å². The number of nitrogens with two attached hydrogens (primary N) is 1. The maximum Gasteiger partial charge on any atom is 0.204 e. The molecule has 0 bridgehead atoms. The van der Waals surface area contributed by atoms with Crippen molar-refractivity contribution >= 4 is 5.78 Å². The maximum atomic E-state index is 12.7. The Morgan fingerprint density at radius 3 is 2.84 bits per heavy atom. The van der Waals surface area contributed by atoms with E-state index in [1.54, 1.807) is 10.9 Å². The smallest absolute Gasteiger partial charge is 0.204 e. The lowest BCUT2D eigenvalue weighted by Crippen LogP contribution is -2.52. The summed E-state index contributed by atoms with van der Waals surface area (Å²) < 4.78 is 12.2. The van der Waals surface area contributed by atoms with E-state index in [2.05, 4.69) is 5.10 Å². The Kier molecular flexibility index (Phi) is 4.21. The number of carbonyl (C=O) groups excluding carboxylic acids is 1. The van der Waals surface area contributed by atoms with Gasteiger partial charge in [0.2, 0.25) is 5.78 Å². The molecule has 2 N–H and O–H groups in total. The Bertz CT molecular complexity index is 450. The molecule has 2 heterocycles. The Labute approximate surface area is 112 Å². The van der Waals surface area contributed by atoms with E-state index in [0.29, 0.717) is 44.0 Å². The molecule has 1 fully saturated rings. The van der Waals surface area contributed by atoms with Crippen molar-refractivity contribution in [3.8, 4) is 5.75 Å². The molecule has 1 aliphatic rings. The number of hydrogen-bond donors (Lipinski definition) is 1. The number of methoxy groups -OCH3 is 1. The Morgan fingerprint density at radius 2 is 2.26 bits per heavy atom. The van der Waals surface area contributed by atoms with E-state index in [1.165, 1.54) is 7.11 Å². The predicted octanol–water partition coefficient (Wildman–Crippen LogP) is 0.992. The number of rotatable bonds is 5. The molecule has 0 atom stereocenters. The normalized spacial score (nSPS) is 18.3. The molecule has 1 aromatic rings. The number of hydrogen-bond acceptors (Lipinski definition) is 5. The van der Waals surface area contributed by atoms with Crippen molar-refractivity contribution in [3.63, 3.8) is 0 Å². The lowest BCUT2D eigenvalue weighted by Gasteiger charge is -2.31. The Hall–Kier alpha value is -1.40. The van der Waals surface area contributed by atoms with Gasteiger partial charge in [0.05, 0.1) is 18.8 Å². The van der Waals surface area contributed by atoms with Gasteiger partial charge in [-0.15, -0.1) is 0 Å². The molecule has 0 aliphatic carbocycles. The molecule has 106 valence electrons. The highest BCUT2D eigenvalue weighted by atomic mass is 16.5.